The van der Waals surface area contributed by atoms with Gasteiger partial charge in [0.05, 0.1) is 21.3 Å². The molecule has 1 aliphatic heterocycles. The van der Waals surface area contributed by atoms with Crippen molar-refractivity contribution in [2.24, 2.45) is 0 Å². The fourth-order valence-corrected chi connectivity index (χ4v) is 3.80. The summed E-state index contributed by atoms with van der Waals surface area (Å²) in [5, 5.41) is -0.459. The second kappa shape index (κ2) is 7.10. The molecule has 0 amide bonds. The topological polar surface area (TPSA) is 52.6 Å². The Kier molecular flexibility index (Phi) is 5.84. The van der Waals surface area contributed by atoms with Gasteiger partial charge in [0.15, 0.2) is 9.84 Å². The van der Waals surface area contributed by atoms with Crippen LogP contribution >= 0.6 is 12.6 Å². The van der Waals surface area contributed by atoms with E-state index in [0.717, 1.165) is 11.0 Å². The van der Waals surface area contributed by atoms with E-state index in [9.17, 15) is 8.42 Å². The van der Waals surface area contributed by atoms with Crippen LogP contribution in [0.15, 0.2) is 34.6 Å². The summed E-state index contributed by atoms with van der Waals surface area (Å²) >= 11 is 4.40. The maximum Gasteiger partial charge on any atom is 0.491 e. The first-order chi connectivity index (χ1) is 11.4. The van der Waals surface area contributed by atoms with Crippen LogP contribution in [0.25, 0.3) is 6.08 Å². The number of sulfone groups is 1. The van der Waals surface area contributed by atoms with E-state index in [-0.39, 0.29) is 0 Å². The third-order valence-corrected chi connectivity index (χ3v) is 7.42. The van der Waals surface area contributed by atoms with E-state index >= 15 is 0 Å². The highest BCUT2D eigenvalue weighted by Gasteiger charge is 2.52. The summed E-state index contributed by atoms with van der Waals surface area (Å²) in [6, 6.07) is 6.93. The van der Waals surface area contributed by atoms with Gasteiger partial charge in [0.2, 0.25) is 0 Å². The van der Waals surface area contributed by atoms with Crippen molar-refractivity contribution in [3.05, 3.63) is 35.3 Å². The molecular weight excluding hydrogens is 355 g/mol. The van der Waals surface area contributed by atoms with Crippen molar-refractivity contribution in [1.82, 2.24) is 0 Å². The van der Waals surface area contributed by atoms with Gasteiger partial charge in [0, 0.05) is 5.75 Å². The normalized spacial score (nSPS) is 20.3. The zero-order chi connectivity index (χ0) is 19.0. The van der Waals surface area contributed by atoms with E-state index in [1.807, 2.05) is 39.8 Å². The molecule has 1 heterocycles. The van der Waals surface area contributed by atoms with Crippen molar-refractivity contribution in [2.75, 3.05) is 5.75 Å². The summed E-state index contributed by atoms with van der Waals surface area (Å²) in [7, 11) is -3.80. The predicted molar refractivity (Wildman–Crippen MR) is 107 cm³/mol. The lowest BCUT2D eigenvalue weighted by Crippen LogP contribution is -2.41. The molecule has 0 spiro atoms. The molecule has 0 unspecified atom stereocenters. The van der Waals surface area contributed by atoms with Gasteiger partial charge in [-0.2, -0.15) is 12.6 Å². The fraction of sp³-hybridized carbons (Fsp3) is 0.556. The molecule has 4 nitrogen and oxygen atoms in total. The summed E-state index contributed by atoms with van der Waals surface area (Å²) in [5.74, 6) is 0.456. The largest absolute Gasteiger partial charge is 0.491 e. The van der Waals surface area contributed by atoms with Gasteiger partial charge in [-0.05, 0) is 64.7 Å². The SMILES string of the molecule is CC(C)S(=O)(=O)c1cccc(C=C(CS)B2OC(C)(C)C(C)(C)O2)c1. The molecule has 2 rings (SSSR count). The molecule has 1 aromatic carbocycles. The van der Waals surface area contributed by atoms with Gasteiger partial charge in [-0.25, -0.2) is 8.42 Å². The van der Waals surface area contributed by atoms with Crippen molar-refractivity contribution in [3.8, 4) is 0 Å². The molecule has 1 aromatic rings. The summed E-state index contributed by atoms with van der Waals surface area (Å²) in [5.41, 5.74) is 0.798. The van der Waals surface area contributed by atoms with E-state index in [4.69, 9.17) is 9.31 Å². The number of hydrogen-bond donors (Lipinski definition) is 1. The van der Waals surface area contributed by atoms with Gasteiger partial charge >= 0.3 is 7.12 Å². The maximum atomic E-state index is 12.4. The predicted octanol–water partition coefficient (Wildman–Crippen LogP) is 3.81. The van der Waals surface area contributed by atoms with E-state index in [1.54, 1.807) is 32.0 Å². The first-order valence-corrected chi connectivity index (χ1v) is 10.6. The van der Waals surface area contributed by atoms with E-state index in [1.165, 1.54) is 0 Å². The molecule has 0 aliphatic carbocycles. The number of benzene rings is 1. The summed E-state index contributed by atoms with van der Waals surface area (Å²) < 4.78 is 36.9. The Bertz CT molecular complexity index is 751. The third kappa shape index (κ3) is 4.16. The fourth-order valence-electron chi connectivity index (χ4n) is 2.45. The first-order valence-electron chi connectivity index (χ1n) is 8.41. The number of rotatable bonds is 5. The highest BCUT2D eigenvalue weighted by molar-refractivity contribution is 7.92. The average Bonchev–Trinajstić information content (AvgIpc) is 2.73. The third-order valence-electron chi connectivity index (χ3n) is 4.90. The Labute approximate surface area is 157 Å². The lowest BCUT2D eigenvalue weighted by Gasteiger charge is -2.32. The van der Waals surface area contributed by atoms with Crippen molar-refractivity contribution >= 4 is 35.7 Å². The van der Waals surface area contributed by atoms with Crippen LogP contribution in [0.3, 0.4) is 0 Å². The quantitative estimate of drug-likeness (QED) is 0.622. The summed E-state index contributed by atoms with van der Waals surface area (Å²) in [4.78, 5) is 0.323. The molecule has 0 N–H and O–H groups in total. The Morgan fingerprint density at radius 2 is 1.76 bits per heavy atom. The molecule has 0 radical (unpaired) electrons. The highest BCUT2D eigenvalue weighted by Crippen LogP contribution is 2.39. The molecule has 0 saturated carbocycles. The average molecular weight is 382 g/mol. The number of hydrogen-bond acceptors (Lipinski definition) is 5. The highest BCUT2D eigenvalue weighted by atomic mass is 32.2. The Morgan fingerprint density at radius 3 is 2.24 bits per heavy atom. The molecule has 138 valence electrons. The zero-order valence-corrected chi connectivity index (χ0v) is 17.4. The van der Waals surface area contributed by atoms with Crippen LogP contribution in [-0.2, 0) is 19.1 Å². The van der Waals surface area contributed by atoms with E-state index < -0.39 is 33.4 Å². The minimum Gasteiger partial charge on any atom is -0.400 e. The van der Waals surface area contributed by atoms with Gasteiger partial charge in [-0.3, -0.25) is 0 Å². The van der Waals surface area contributed by atoms with Gasteiger partial charge in [-0.1, -0.05) is 18.2 Å². The van der Waals surface area contributed by atoms with Crippen LogP contribution in [-0.4, -0.2) is 37.7 Å². The van der Waals surface area contributed by atoms with Crippen LogP contribution in [0.4, 0.5) is 0 Å². The lowest BCUT2D eigenvalue weighted by atomic mass is 9.78. The van der Waals surface area contributed by atoms with Crippen LogP contribution in [0, 0.1) is 0 Å². The van der Waals surface area contributed by atoms with Crippen molar-refractivity contribution in [2.45, 2.75) is 62.9 Å². The molecule has 1 aliphatic rings. The molecule has 1 saturated heterocycles. The minimum atomic E-state index is -3.31. The smallest absolute Gasteiger partial charge is 0.400 e. The van der Waals surface area contributed by atoms with E-state index in [0.29, 0.717) is 10.6 Å². The van der Waals surface area contributed by atoms with Crippen LogP contribution in [0.5, 0.6) is 0 Å². The monoisotopic (exact) mass is 382 g/mol. The molecule has 25 heavy (non-hydrogen) atoms. The van der Waals surface area contributed by atoms with Gasteiger partial charge in [0.25, 0.3) is 0 Å². The molecule has 1 fully saturated rings. The second-order valence-corrected chi connectivity index (χ2v) is 10.5. The first kappa shape index (κ1) is 20.6. The van der Waals surface area contributed by atoms with Crippen molar-refractivity contribution < 1.29 is 17.7 Å². The van der Waals surface area contributed by atoms with Crippen LogP contribution in [0.2, 0.25) is 0 Å². The van der Waals surface area contributed by atoms with E-state index in [2.05, 4.69) is 12.6 Å². The lowest BCUT2D eigenvalue weighted by molar-refractivity contribution is 0.00578. The Balaban J connectivity index is 2.36. The Hall–Kier alpha value is -0.755. The standard InChI is InChI=1S/C18H27BO4S2/c1-13(2)25(20,21)16-9-7-8-14(11-16)10-15(12-24)19-22-17(3,4)18(5,6)23-19/h7-11,13,24H,12H2,1-6H3. The minimum absolute atomic E-state index is 0.323. The molecular formula is C18H27BO4S2. The zero-order valence-electron chi connectivity index (χ0n) is 15.7. The van der Waals surface area contributed by atoms with Crippen LogP contribution < -0.4 is 0 Å². The summed E-state index contributed by atoms with van der Waals surface area (Å²) in [6.07, 6.45) is 1.90. The molecule has 0 atom stereocenters. The van der Waals surface area contributed by atoms with Crippen molar-refractivity contribution in [1.29, 1.82) is 0 Å². The van der Waals surface area contributed by atoms with Crippen LogP contribution in [0.1, 0.15) is 47.1 Å². The Morgan fingerprint density at radius 1 is 1.20 bits per heavy atom. The molecule has 0 bridgehead atoms. The summed E-state index contributed by atoms with van der Waals surface area (Å²) in [6.45, 7) is 11.4. The maximum absolute atomic E-state index is 12.4. The molecule has 0 aromatic heterocycles. The van der Waals surface area contributed by atoms with Gasteiger partial charge in [0.1, 0.15) is 0 Å². The van der Waals surface area contributed by atoms with Gasteiger partial charge in [-0.15, -0.1) is 0 Å². The van der Waals surface area contributed by atoms with Crippen molar-refractivity contribution in [3.63, 3.8) is 0 Å². The number of thiol groups is 1. The molecule has 7 heteroatoms. The van der Waals surface area contributed by atoms with Gasteiger partial charge < -0.3 is 9.31 Å². The second-order valence-electron chi connectivity index (χ2n) is 7.63.